The Morgan fingerprint density at radius 1 is 1.06 bits per heavy atom. The van der Waals surface area contributed by atoms with E-state index in [0.29, 0.717) is 18.7 Å². The van der Waals surface area contributed by atoms with Crippen LogP contribution in [-0.2, 0) is 22.5 Å². The second-order valence-electron chi connectivity index (χ2n) is 9.37. The van der Waals surface area contributed by atoms with Crippen molar-refractivity contribution in [3.8, 4) is 0 Å². The highest BCUT2D eigenvalue weighted by Crippen LogP contribution is 2.18. The first-order valence-electron chi connectivity index (χ1n) is 11.7. The van der Waals surface area contributed by atoms with Crippen LogP contribution in [0.15, 0.2) is 77.7 Å². The minimum atomic E-state index is -0.845. The van der Waals surface area contributed by atoms with Crippen LogP contribution in [0.5, 0.6) is 0 Å². The molecule has 0 aliphatic carbocycles. The monoisotopic (exact) mass is 492 g/mol. The molecule has 0 aliphatic heterocycles. The van der Waals surface area contributed by atoms with E-state index in [-0.39, 0.29) is 24.6 Å². The summed E-state index contributed by atoms with van der Waals surface area (Å²) in [4.78, 5) is 38.3. The summed E-state index contributed by atoms with van der Waals surface area (Å²) in [5, 5.41) is 17.3. The van der Waals surface area contributed by atoms with Crippen molar-refractivity contribution in [2.24, 2.45) is 0 Å². The van der Waals surface area contributed by atoms with E-state index < -0.39 is 17.8 Å². The Kier molecular flexibility index (Phi) is 8.97. The summed E-state index contributed by atoms with van der Waals surface area (Å²) >= 11 is 0. The summed E-state index contributed by atoms with van der Waals surface area (Å²) in [5.41, 5.74) is 1.23. The first-order chi connectivity index (χ1) is 17.1. The van der Waals surface area contributed by atoms with Crippen molar-refractivity contribution in [1.29, 1.82) is 0 Å². The van der Waals surface area contributed by atoms with Crippen molar-refractivity contribution >= 4 is 17.7 Å². The number of hydrogen-bond donors (Lipinski definition) is 2. The zero-order valence-electron chi connectivity index (χ0n) is 20.8. The fourth-order valence-electron chi connectivity index (χ4n) is 3.43. The zero-order valence-corrected chi connectivity index (χ0v) is 20.8. The van der Waals surface area contributed by atoms with Crippen LogP contribution in [0.25, 0.3) is 0 Å². The molecule has 2 N–H and O–H groups in total. The lowest BCUT2D eigenvalue weighted by atomic mass is 10.1. The average Bonchev–Trinajstić information content (AvgIpc) is 2.83. The highest BCUT2D eigenvalue weighted by atomic mass is 16.6. The zero-order chi connectivity index (χ0) is 26.1. The fourth-order valence-corrected chi connectivity index (χ4v) is 3.43. The molecule has 9 nitrogen and oxygen atoms in total. The number of nitrogens with one attached hydrogen (secondary N) is 1. The van der Waals surface area contributed by atoms with Crippen LogP contribution >= 0.6 is 0 Å². The number of hydrogen-bond acceptors (Lipinski definition) is 6. The van der Waals surface area contributed by atoms with E-state index in [0.717, 1.165) is 15.8 Å². The molecule has 2 aromatic carbocycles. The number of aromatic nitrogens is 2. The number of anilines is 1. The van der Waals surface area contributed by atoms with Gasteiger partial charge in [-0.05, 0) is 56.5 Å². The summed E-state index contributed by atoms with van der Waals surface area (Å²) in [5.74, 6) is -0.366. The van der Waals surface area contributed by atoms with E-state index in [2.05, 4.69) is 10.4 Å². The lowest BCUT2D eigenvalue weighted by Crippen LogP contribution is -2.40. The smallest absolute Gasteiger partial charge is 0.410 e. The minimum absolute atomic E-state index is 0.0972. The average molecular weight is 493 g/mol. The van der Waals surface area contributed by atoms with Gasteiger partial charge in [0.05, 0.1) is 12.6 Å². The van der Waals surface area contributed by atoms with Crippen molar-refractivity contribution in [2.45, 2.75) is 45.4 Å². The van der Waals surface area contributed by atoms with Gasteiger partial charge in [0, 0.05) is 24.5 Å². The maximum atomic E-state index is 12.8. The number of carbonyl (C=O) groups excluding carboxylic acids is 2. The number of aliphatic hydroxyl groups excluding tert-OH is 1. The molecule has 0 saturated heterocycles. The molecule has 2 amide bonds. The molecule has 0 unspecified atom stereocenters. The molecule has 0 saturated carbocycles. The van der Waals surface area contributed by atoms with Gasteiger partial charge in [-0.2, -0.15) is 5.10 Å². The Morgan fingerprint density at radius 3 is 2.39 bits per heavy atom. The van der Waals surface area contributed by atoms with Crippen LogP contribution in [0.2, 0.25) is 0 Å². The molecular weight excluding hydrogens is 460 g/mol. The second-order valence-corrected chi connectivity index (χ2v) is 9.37. The number of carbonyl (C=O) groups is 2. The Bertz CT molecular complexity index is 1200. The number of benzene rings is 2. The third-order valence-corrected chi connectivity index (χ3v) is 5.22. The lowest BCUT2D eigenvalue weighted by Gasteiger charge is -2.29. The predicted octanol–water partition coefficient (Wildman–Crippen LogP) is 3.40. The standard InChI is InChI=1S/C27H32N4O5/c1-27(2,3)36-26(35)30(18-23(32)21-8-5-4-6-9-21)17-15-20-11-13-22(14-12-20)29-24(33)19-31-25(34)10-7-16-28-31/h4-14,16,23,32H,15,17-19H2,1-3H3,(H,29,33)/t23-/m0/s1. The largest absolute Gasteiger partial charge is 0.444 e. The molecule has 9 heteroatoms. The van der Waals surface area contributed by atoms with Crippen LogP contribution < -0.4 is 10.9 Å². The van der Waals surface area contributed by atoms with Crippen LogP contribution in [0.4, 0.5) is 10.5 Å². The molecule has 1 heterocycles. The molecule has 3 rings (SSSR count). The van der Waals surface area contributed by atoms with E-state index >= 15 is 0 Å². The number of ether oxygens (including phenoxy) is 1. The molecular formula is C27H32N4O5. The second kappa shape index (κ2) is 12.1. The fraction of sp³-hybridized carbons (Fsp3) is 0.333. The maximum Gasteiger partial charge on any atom is 0.410 e. The molecule has 0 fully saturated rings. The van der Waals surface area contributed by atoms with Crippen LogP contribution in [-0.4, -0.2) is 50.5 Å². The number of amides is 2. The summed E-state index contributed by atoms with van der Waals surface area (Å²) in [7, 11) is 0. The van der Waals surface area contributed by atoms with Gasteiger partial charge in [-0.25, -0.2) is 9.48 Å². The SMILES string of the molecule is CC(C)(C)OC(=O)N(CCc1ccc(NC(=O)Cn2ncccc2=O)cc1)C[C@H](O)c1ccccc1. The first-order valence-corrected chi connectivity index (χ1v) is 11.7. The van der Waals surface area contributed by atoms with E-state index in [1.54, 1.807) is 32.9 Å². The van der Waals surface area contributed by atoms with Gasteiger partial charge in [0.2, 0.25) is 5.91 Å². The van der Waals surface area contributed by atoms with Crippen LogP contribution in [0, 0.1) is 0 Å². The molecule has 1 atom stereocenters. The Labute approximate surface area is 210 Å². The summed E-state index contributed by atoms with van der Waals surface area (Å²) < 4.78 is 6.63. The normalized spacial score (nSPS) is 12.0. The van der Waals surface area contributed by atoms with Crippen molar-refractivity contribution in [3.05, 3.63) is 94.4 Å². The lowest BCUT2D eigenvalue weighted by molar-refractivity contribution is -0.117. The molecule has 0 spiro atoms. The predicted molar refractivity (Wildman–Crippen MR) is 136 cm³/mol. The summed E-state index contributed by atoms with van der Waals surface area (Å²) in [6.07, 6.45) is 0.635. The summed E-state index contributed by atoms with van der Waals surface area (Å²) in [6, 6.07) is 19.2. The molecule has 0 radical (unpaired) electrons. The van der Waals surface area contributed by atoms with Gasteiger partial charge < -0.3 is 20.1 Å². The topological polar surface area (TPSA) is 114 Å². The molecule has 36 heavy (non-hydrogen) atoms. The van der Waals surface area contributed by atoms with Crippen LogP contribution in [0.3, 0.4) is 0 Å². The molecule has 1 aromatic heterocycles. The Morgan fingerprint density at radius 2 is 1.75 bits per heavy atom. The van der Waals surface area contributed by atoms with Crippen molar-refractivity contribution in [1.82, 2.24) is 14.7 Å². The van der Waals surface area contributed by atoms with E-state index in [9.17, 15) is 19.5 Å². The van der Waals surface area contributed by atoms with Crippen molar-refractivity contribution in [3.63, 3.8) is 0 Å². The number of nitrogens with zero attached hydrogens (tertiary/aromatic N) is 3. The highest BCUT2D eigenvalue weighted by Gasteiger charge is 2.24. The van der Waals surface area contributed by atoms with Crippen molar-refractivity contribution in [2.75, 3.05) is 18.4 Å². The van der Waals surface area contributed by atoms with Gasteiger partial charge in [-0.1, -0.05) is 42.5 Å². The van der Waals surface area contributed by atoms with Crippen molar-refractivity contribution < 1.29 is 19.4 Å². The first kappa shape index (κ1) is 26.6. The molecule has 3 aromatic rings. The molecule has 0 aliphatic rings. The minimum Gasteiger partial charge on any atom is -0.444 e. The van der Waals surface area contributed by atoms with E-state index in [4.69, 9.17) is 4.74 Å². The third kappa shape index (κ3) is 8.35. The van der Waals surface area contributed by atoms with Gasteiger partial charge >= 0.3 is 6.09 Å². The van der Waals surface area contributed by atoms with Crippen LogP contribution in [0.1, 0.15) is 38.0 Å². The maximum absolute atomic E-state index is 12.8. The summed E-state index contributed by atoms with van der Waals surface area (Å²) in [6.45, 7) is 5.65. The van der Waals surface area contributed by atoms with Gasteiger partial charge in [-0.15, -0.1) is 0 Å². The third-order valence-electron chi connectivity index (χ3n) is 5.22. The van der Waals surface area contributed by atoms with E-state index in [1.807, 2.05) is 42.5 Å². The number of aliphatic hydroxyl groups is 1. The Hall–Kier alpha value is -3.98. The van der Waals surface area contributed by atoms with E-state index in [1.165, 1.54) is 23.2 Å². The van der Waals surface area contributed by atoms with Gasteiger partial charge in [0.25, 0.3) is 5.56 Å². The quantitative estimate of drug-likeness (QED) is 0.473. The number of rotatable bonds is 9. The Balaban J connectivity index is 1.60. The van der Waals surface area contributed by atoms with Gasteiger partial charge in [0.15, 0.2) is 0 Å². The van der Waals surface area contributed by atoms with Gasteiger partial charge in [0.1, 0.15) is 12.1 Å². The van der Waals surface area contributed by atoms with Gasteiger partial charge in [-0.3, -0.25) is 9.59 Å². The highest BCUT2D eigenvalue weighted by molar-refractivity contribution is 5.90. The molecule has 190 valence electrons. The molecule has 0 bridgehead atoms.